The first-order valence-electron chi connectivity index (χ1n) is 9.72. The molecule has 1 aromatic heterocycles. The van der Waals surface area contributed by atoms with Crippen LogP contribution >= 0.6 is 0 Å². The van der Waals surface area contributed by atoms with E-state index in [0.717, 1.165) is 5.76 Å². The van der Waals surface area contributed by atoms with Crippen molar-refractivity contribution in [1.29, 1.82) is 0 Å². The first-order valence-corrected chi connectivity index (χ1v) is 11.2. The third-order valence-corrected chi connectivity index (χ3v) is 6.41. The number of carboxylic acid groups (broad SMARTS) is 2. The Morgan fingerprint density at radius 1 is 1.00 bits per heavy atom. The van der Waals surface area contributed by atoms with E-state index in [-0.39, 0.29) is 6.61 Å². The van der Waals surface area contributed by atoms with Gasteiger partial charge in [0.25, 0.3) is 0 Å². The monoisotopic (exact) mass is 470 g/mol. The molecule has 1 unspecified atom stereocenters. The summed E-state index contributed by atoms with van der Waals surface area (Å²) in [5.74, 6) is -2.93. The van der Waals surface area contributed by atoms with E-state index in [4.69, 9.17) is 29.0 Å². The quantitative estimate of drug-likeness (QED) is 0.459. The van der Waals surface area contributed by atoms with E-state index in [1.54, 1.807) is 42.7 Å². The van der Waals surface area contributed by atoms with Crippen molar-refractivity contribution in [2.24, 2.45) is 0 Å². The number of benzene rings is 1. The van der Waals surface area contributed by atoms with Gasteiger partial charge in [0.1, 0.15) is 12.4 Å². The van der Waals surface area contributed by atoms with Crippen LogP contribution in [0.5, 0.6) is 0 Å². The van der Waals surface area contributed by atoms with Gasteiger partial charge in [-0.1, -0.05) is 18.2 Å². The summed E-state index contributed by atoms with van der Waals surface area (Å²) in [7, 11) is -3.44. The van der Waals surface area contributed by atoms with E-state index in [1.165, 1.54) is 4.31 Å². The molecule has 0 bridgehead atoms. The highest BCUT2D eigenvalue weighted by Crippen LogP contribution is 2.17. The molecule has 11 nitrogen and oxygen atoms in total. The lowest BCUT2D eigenvalue weighted by Crippen LogP contribution is -2.50. The summed E-state index contributed by atoms with van der Waals surface area (Å²) < 4.78 is 37.3. The van der Waals surface area contributed by atoms with Crippen molar-refractivity contribution in [3.8, 4) is 0 Å². The molecule has 1 atom stereocenters. The second-order valence-corrected chi connectivity index (χ2v) is 8.81. The zero-order chi connectivity index (χ0) is 23.6. The normalized spacial score (nSPS) is 16.0. The molecule has 1 aliphatic rings. The number of carbonyl (C=O) groups is 2. The summed E-state index contributed by atoms with van der Waals surface area (Å²) in [5, 5.41) is 24.9. The van der Waals surface area contributed by atoms with Crippen LogP contribution < -0.4 is 0 Å². The smallest absolute Gasteiger partial charge is 0.414 e. The van der Waals surface area contributed by atoms with Gasteiger partial charge in [-0.25, -0.2) is 18.0 Å². The second kappa shape index (κ2) is 12.3. The Morgan fingerprint density at radius 2 is 1.62 bits per heavy atom. The molecule has 1 aromatic carbocycles. The van der Waals surface area contributed by atoms with Crippen LogP contribution in [0, 0.1) is 0 Å². The van der Waals surface area contributed by atoms with E-state index in [1.807, 2.05) is 6.07 Å². The molecule has 32 heavy (non-hydrogen) atoms. The molecular weight excluding hydrogens is 444 g/mol. The van der Waals surface area contributed by atoms with Gasteiger partial charge in [0.15, 0.2) is 0 Å². The van der Waals surface area contributed by atoms with Gasteiger partial charge in [0.05, 0.1) is 23.9 Å². The number of aliphatic hydroxyl groups is 1. The van der Waals surface area contributed by atoms with Crippen LogP contribution in [-0.4, -0.2) is 90.3 Å². The molecule has 12 heteroatoms. The molecule has 0 radical (unpaired) electrons. The number of aliphatic hydroxyl groups excluding tert-OH is 1. The van der Waals surface area contributed by atoms with Gasteiger partial charge in [-0.3, -0.25) is 4.90 Å². The van der Waals surface area contributed by atoms with Gasteiger partial charge >= 0.3 is 11.9 Å². The van der Waals surface area contributed by atoms with Crippen LogP contribution in [0.2, 0.25) is 0 Å². The van der Waals surface area contributed by atoms with Crippen molar-refractivity contribution in [3.05, 3.63) is 54.5 Å². The van der Waals surface area contributed by atoms with Crippen LogP contribution in [0.25, 0.3) is 0 Å². The van der Waals surface area contributed by atoms with Crippen molar-refractivity contribution in [2.45, 2.75) is 17.6 Å². The van der Waals surface area contributed by atoms with Crippen LogP contribution in [0.15, 0.2) is 58.0 Å². The fourth-order valence-corrected chi connectivity index (χ4v) is 4.38. The van der Waals surface area contributed by atoms with Gasteiger partial charge in [-0.2, -0.15) is 4.31 Å². The molecule has 3 N–H and O–H groups in total. The first-order chi connectivity index (χ1) is 15.2. The maximum atomic E-state index is 12.6. The summed E-state index contributed by atoms with van der Waals surface area (Å²) >= 11 is 0. The molecule has 0 aliphatic carbocycles. The standard InChI is InChI=1S/C18H24N2O5S.C2H2O4/c21-16(14-24-15-17-5-4-12-25-17)13-19-8-10-20(11-9-19)26(22,23)18-6-2-1-3-7-18;3-1(4)2(5)6/h1-7,12,16,21H,8-11,13-15H2;(H,3,4)(H,5,6). The number of β-amino-alcohol motifs (C(OH)–C–C–N with tert-alkyl or cyclic N) is 1. The number of nitrogens with zero attached hydrogens (tertiary/aromatic N) is 2. The minimum Gasteiger partial charge on any atom is -0.473 e. The Labute approximate surface area is 185 Å². The van der Waals surface area contributed by atoms with Crippen molar-refractivity contribution >= 4 is 22.0 Å². The molecule has 0 spiro atoms. The molecular formula is C20H26N2O9S. The predicted octanol–water partition coefficient (Wildman–Crippen LogP) is 0.319. The number of rotatable bonds is 8. The highest BCUT2D eigenvalue weighted by molar-refractivity contribution is 7.89. The van der Waals surface area contributed by atoms with Gasteiger partial charge in [0, 0.05) is 32.7 Å². The molecule has 1 fully saturated rings. The maximum Gasteiger partial charge on any atom is 0.414 e. The van der Waals surface area contributed by atoms with E-state index in [0.29, 0.717) is 44.2 Å². The lowest BCUT2D eigenvalue weighted by molar-refractivity contribution is -0.159. The minimum absolute atomic E-state index is 0.212. The Morgan fingerprint density at radius 3 is 2.16 bits per heavy atom. The van der Waals surface area contributed by atoms with Crippen LogP contribution in [0.3, 0.4) is 0 Å². The maximum absolute atomic E-state index is 12.6. The Bertz CT molecular complexity index is 929. The van der Waals surface area contributed by atoms with E-state index >= 15 is 0 Å². The van der Waals surface area contributed by atoms with E-state index in [2.05, 4.69) is 4.90 Å². The number of aliphatic carboxylic acids is 2. The second-order valence-electron chi connectivity index (χ2n) is 6.88. The number of carboxylic acids is 2. The number of piperazine rings is 1. The van der Waals surface area contributed by atoms with Crippen LogP contribution in [0.4, 0.5) is 0 Å². The van der Waals surface area contributed by atoms with Gasteiger partial charge in [-0.05, 0) is 24.3 Å². The number of ether oxygens (including phenoxy) is 1. The average molecular weight is 471 g/mol. The molecule has 0 amide bonds. The third kappa shape index (κ3) is 8.05. The first kappa shape index (κ1) is 25.5. The molecule has 1 saturated heterocycles. The number of furan rings is 1. The number of hydrogen-bond acceptors (Lipinski definition) is 8. The molecule has 2 heterocycles. The predicted molar refractivity (Wildman–Crippen MR) is 111 cm³/mol. The van der Waals surface area contributed by atoms with Crippen molar-refractivity contribution in [3.63, 3.8) is 0 Å². The SMILES string of the molecule is O=C(O)C(=O)O.O=S(=O)(c1ccccc1)N1CCN(CC(O)COCc2ccco2)CC1. The average Bonchev–Trinajstić information content (AvgIpc) is 3.29. The summed E-state index contributed by atoms with van der Waals surface area (Å²) in [5.41, 5.74) is 0. The van der Waals surface area contributed by atoms with Crippen LogP contribution in [0.1, 0.15) is 5.76 Å². The fourth-order valence-electron chi connectivity index (χ4n) is 2.93. The largest absolute Gasteiger partial charge is 0.473 e. The van der Waals surface area contributed by atoms with Gasteiger partial charge in [0.2, 0.25) is 10.0 Å². The van der Waals surface area contributed by atoms with Gasteiger partial charge < -0.3 is 24.5 Å². The molecule has 0 saturated carbocycles. The Hall–Kier alpha value is -2.77. The Balaban J connectivity index is 0.000000534. The molecule has 1 aliphatic heterocycles. The summed E-state index contributed by atoms with van der Waals surface area (Å²) in [6, 6.07) is 12.1. The molecule has 176 valence electrons. The summed E-state index contributed by atoms with van der Waals surface area (Å²) in [6.45, 7) is 2.99. The van der Waals surface area contributed by atoms with E-state index < -0.39 is 28.1 Å². The lowest BCUT2D eigenvalue weighted by Gasteiger charge is -2.34. The number of sulfonamides is 1. The highest BCUT2D eigenvalue weighted by Gasteiger charge is 2.28. The topological polar surface area (TPSA) is 158 Å². The van der Waals surface area contributed by atoms with Crippen molar-refractivity contribution in [2.75, 3.05) is 39.3 Å². The zero-order valence-electron chi connectivity index (χ0n) is 17.2. The van der Waals surface area contributed by atoms with Crippen molar-refractivity contribution in [1.82, 2.24) is 9.21 Å². The number of hydrogen-bond donors (Lipinski definition) is 3. The minimum atomic E-state index is -3.44. The third-order valence-electron chi connectivity index (χ3n) is 4.50. The molecule has 2 aromatic rings. The fraction of sp³-hybridized carbons (Fsp3) is 0.400. The lowest BCUT2D eigenvalue weighted by atomic mass is 10.3. The van der Waals surface area contributed by atoms with Crippen LogP contribution in [-0.2, 0) is 31.0 Å². The van der Waals surface area contributed by atoms with Crippen molar-refractivity contribution < 1.29 is 42.5 Å². The highest BCUT2D eigenvalue weighted by atomic mass is 32.2. The summed E-state index contributed by atoms with van der Waals surface area (Å²) in [4.78, 5) is 20.6. The zero-order valence-corrected chi connectivity index (χ0v) is 18.1. The molecule has 3 rings (SSSR count). The summed E-state index contributed by atoms with van der Waals surface area (Å²) in [6.07, 6.45) is 0.959. The van der Waals surface area contributed by atoms with Gasteiger partial charge in [-0.15, -0.1) is 0 Å². The Kier molecular flexibility index (Phi) is 9.81. The van der Waals surface area contributed by atoms with E-state index in [9.17, 15) is 13.5 Å².